The molecule has 1 amide bonds. The monoisotopic (exact) mass is 465 g/mol. The lowest BCUT2D eigenvalue weighted by atomic mass is 10.1. The molecule has 0 aliphatic rings. The van der Waals surface area contributed by atoms with Crippen LogP contribution in [0.15, 0.2) is 55.1 Å². The van der Waals surface area contributed by atoms with Gasteiger partial charge in [-0.05, 0) is 29.7 Å². The predicted molar refractivity (Wildman–Crippen MR) is 132 cm³/mol. The van der Waals surface area contributed by atoms with Gasteiger partial charge in [-0.3, -0.25) is 14.5 Å². The van der Waals surface area contributed by atoms with Crippen molar-refractivity contribution in [1.29, 1.82) is 0 Å². The molecular formula is C26H32FN5O2. The lowest BCUT2D eigenvalue weighted by Gasteiger charge is -2.19. The van der Waals surface area contributed by atoms with Crippen molar-refractivity contribution in [2.24, 2.45) is 13.0 Å². The van der Waals surface area contributed by atoms with Gasteiger partial charge in [0.05, 0.1) is 36.5 Å². The molecule has 34 heavy (non-hydrogen) atoms. The first-order valence-electron chi connectivity index (χ1n) is 11.5. The van der Waals surface area contributed by atoms with Crippen molar-refractivity contribution in [1.82, 2.24) is 24.6 Å². The molecule has 0 saturated carbocycles. The summed E-state index contributed by atoms with van der Waals surface area (Å²) < 4.78 is 18.4. The number of carbonyl (C=O) groups excluding carboxylic acids is 1. The second kappa shape index (κ2) is 11.1. The number of aliphatic hydroxyl groups excluding tert-OH is 1. The van der Waals surface area contributed by atoms with E-state index in [1.54, 1.807) is 35.4 Å². The first kappa shape index (κ1) is 25.1. The molecule has 1 atom stereocenters. The fourth-order valence-electron chi connectivity index (χ4n) is 3.70. The summed E-state index contributed by atoms with van der Waals surface area (Å²) in [6.07, 6.45) is 6.84. The normalized spacial score (nSPS) is 11.9. The third-order valence-electron chi connectivity index (χ3n) is 5.63. The van der Waals surface area contributed by atoms with Crippen LogP contribution in [0.5, 0.6) is 0 Å². The number of nitrogens with zero attached hydrogens (tertiary/aromatic N) is 4. The van der Waals surface area contributed by atoms with Gasteiger partial charge in [0.15, 0.2) is 0 Å². The molecule has 0 aliphatic carbocycles. The summed E-state index contributed by atoms with van der Waals surface area (Å²) in [7, 11) is 1.82. The van der Waals surface area contributed by atoms with E-state index >= 15 is 0 Å². The third kappa shape index (κ3) is 5.34. The number of halogens is 1. The second-order valence-corrected chi connectivity index (χ2v) is 8.26. The summed E-state index contributed by atoms with van der Waals surface area (Å²) in [5, 5.41) is 16.6. The van der Waals surface area contributed by atoms with Crippen LogP contribution in [0.3, 0.4) is 0 Å². The van der Waals surface area contributed by atoms with Crippen LogP contribution >= 0.6 is 0 Å². The molecule has 4 aromatic rings. The van der Waals surface area contributed by atoms with Crippen LogP contribution in [0.25, 0.3) is 22.2 Å². The van der Waals surface area contributed by atoms with Gasteiger partial charge in [-0.1, -0.05) is 39.8 Å². The molecule has 0 saturated heterocycles. The number of hydrogen-bond donors (Lipinski definition) is 2. The topological polar surface area (TPSA) is 85.0 Å². The van der Waals surface area contributed by atoms with Gasteiger partial charge >= 0.3 is 0 Å². The van der Waals surface area contributed by atoms with Gasteiger partial charge < -0.3 is 15.0 Å². The number of fused-ring (bicyclic) bond motifs is 1. The molecule has 1 unspecified atom stereocenters. The summed E-state index contributed by atoms with van der Waals surface area (Å²) in [5.74, 6) is -0.562. The number of hydrogen-bond acceptors (Lipinski definition) is 4. The predicted octanol–water partition coefficient (Wildman–Crippen LogP) is 4.40. The Hall–Kier alpha value is -3.52. The van der Waals surface area contributed by atoms with E-state index in [1.165, 1.54) is 6.07 Å². The molecule has 4 rings (SSSR count). The van der Waals surface area contributed by atoms with Crippen LogP contribution in [0, 0.1) is 11.7 Å². The van der Waals surface area contributed by atoms with Crippen LogP contribution in [0.1, 0.15) is 43.6 Å². The van der Waals surface area contributed by atoms with Gasteiger partial charge in [-0.2, -0.15) is 5.10 Å². The molecule has 8 heteroatoms. The summed E-state index contributed by atoms with van der Waals surface area (Å²) in [5.41, 5.74) is 3.77. The maximum Gasteiger partial charge on any atom is 0.255 e. The zero-order valence-corrected chi connectivity index (χ0v) is 20.3. The molecule has 0 radical (unpaired) electrons. The van der Waals surface area contributed by atoms with E-state index in [1.807, 2.05) is 57.6 Å². The smallest absolute Gasteiger partial charge is 0.255 e. The molecule has 3 aromatic heterocycles. The fourth-order valence-corrected chi connectivity index (χ4v) is 3.70. The average molecular weight is 466 g/mol. The quantitative estimate of drug-likeness (QED) is 0.424. The Morgan fingerprint density at radius 1 is 1.18 bits per heavy atom. The van der Waals surface area contributed by atoms with Crippen LogP contribution < -0.4 is 5.32 Å². The molecule has 1 aromatic carbocycles. The van der Waals surface area contributed by atoms with E-state index in [4.69, 9.17) is 0 Å². The molecule has 0 fully saturated rings. The Morgan fingerprint density at radius 2 is 1.94 bits per heavy atom. The van der Waals surface area contributed by atoms with E-state index in [0.29, 0.717) is 16.6 Å². The first-order valence-corrected chi connectivity index (χ1v) is 11.5. The van der Waals surface area contributed by atoms with Gasteiger partial charge in [0.2, 0.25) is 0 Å². The number of aliphatic hydroxyl groups is 1. The van der Waals surface area contributed by atoms with Crippen LogP contribution in [0.4, 0.5) is 4.39 Å². The van der Waals surface area contributed by atoms with E-state index in [-0.39, 0.29) is 36.8 Å². The molecule has 7 nitrogen and oxygen atoms in total. The molecule has 3 heterocycles. The molecule has 2 N–H and O–H groups in total. The Balaban J connectivity index is 0.00000158. The van der Waals surface area contributed by atoms with Gasteiger partial charge in [0, 0.05) is 36.8 Å². The minimum Gasteiger partial charge on any atom is -0.394 e. The van der Waals surface area contributed by atoms with E-state index in [0.717, 1.165) is 16.6 Å². The van der Waals surface area contributed by atoms with Crippen LogP contribution in [-0.4, -0.2) is 43.0 Å². The lowest BCUT2D eigenvalue weighted by Crippen LogP contribution is -2.41. The van der Waals surface area contributed by atoms with Crippen LogP contribution in [0.2, 0.25) is 0 Å². The SMILES string of the molecule is CC.CC(C)C(CO)NC(=O)c1cn(Cc2ccc(-c3cnn(C)c3)cc2F)c2cccnc12. The van der Waals surface area contributed by atoms with Crippen molar-refractivity contribution in [2.75, 3.05) is 6.61 Å². The van der Waals surface area contributed by atoms with Crippen molar-refractivity contribution in [2.45, 2.75) is 40.3 Å². The molecule has 0 bridgehead atoms. The minimum absolute atomic E-state index is 0.0812. The van der Waals surface area contributed by atoms with Crippen molar-refractivity contribution in [3.63, 3.8) is 0 Å². The molecule has 180 valence electrons. The van der Waals surface area contributed by atoms with Gasteiger partial charge in [0.25, 0.3) is 5.91 Å². The number of benzene rings is 1. The zero-order chi connectivity index (χ0) is 24.8. The number of pyridine rings is 1. The second-order valence-electron chi connectivity index (χ2n) is 8.26. The maximum atomic E-state index is 14.9. The van der Waals surface area contributed by atoms with Gasteiger partial charge in [0.1, 0.15) is 11.3 Å². The first-order chi connectivity index (χ1) is 16.4. The number of nitrogens with one attached hydrogen (secondary N) is 1. The standard InChI is InChI=1S/C24H26FN5O2.C2H6/c1-15(2)21(14-31)28-24(32)19-13-30(22-5-4-8-26-23(19)22)12-17-7-6-16(9-20(17)25)18-10-27-29(3)11-18;1-2/h4-11,13,15,21,31H,12,14H2,1-3H3,(H,28,32);1-2H3. The van der Waals surface area contributed by atoms with Crippen LogP contribution in [-0.2, 0) is 13.6 Å². The summed E-state index contributed by atoms with van der Waals surface area (Å²) >= 11 is 0. The molecule has 0 spiro atoms. The Bertz CT molecular complexity index is 1260. The summed E-state index contributed by atoms with van der Waals surface area (Å²) in [4.78, 5) is 17.3. The lowest BCUT2D eigenvalue weighted by molar-refractivity contribution is 0.0898. The van der Waals surface area contributed by atoms with E-state index in [2.05, 4.69) is 15.4 Å². The number of amides is 1. The summed E-state index contributed by atoms with van der Waals surface area (Å²) in [6.45, 7) is 7.97. The Kier molecular flexibility index (Phi) is 8.17. The Morgan fingerprint density at radius 3 is 2.56 bits per heavy atom. The highest BCUT2D eigenvalue weighted by Crippen LogP contribution is 2.25. The van der Waals surface area contributed by atoms with E-state index in [9.17, 15) is 14.3 Å². The molecular weight excluding hydrogens is 433 g/mol. The minimum atomic E-state index is -0.359. The highest BCUT2D eigenvalue weighted by molar-refractivity contribution is 6.05. The highest BCUT2D eigenvalue weighted by atomic mass is 19.1. The van der Waals surface area contributed by atoms with Crippen molar-refractivity contribution >= 4 is 16.9 Å². The largest absolute Gasteiger partial charge is 0.394 e. The summed E-state index contributed by atoms with van der Waals surface area (Å²) in [6, 6.07) is 8.39. The zero-order valence-electron chi connectivity index (χ0n) is 20.3. The van der Waals surface area contributed by atoms with Gasteiger partial charge in [-0.15, -0.1) is 0 Å². The highest BCUT2D eigenvalue weighted by Gasteiger charge is 2.21. The number of rotatable bonds is 7. The fraction of sp³-hybridized carbons (Fsp3) is 0.346. The van der Waals surface area contributed by atoms with Gasteiger partial charge in [-0.25, -0.2) is 4.39 Å². The van der Waals surface area contributed by atoms with Crippen molar-refractivity contribution < 1.29 is 14.3 Å². The maximum absolute atomic E-state index is 14.9. The number of aromatic nitrogens is 4. The molecule has 0 aliphatic heterocycles. The van der Waals surface area contributed by atoms with Crippen molar-refractivity contribution in [3.8, 4) is 11.1 Å². The Labute approximate surface area is 199 Å². The van der Waals surface area contributed by atoms with E-state index < -0.39 is 0 Å². The number of carbonyl (C=O) groups is 1. The number of aryl methyl sites for hydroxylation is 1. The average Bonchev–Trinajstić information content (AvgIpc) is 3.44. The third-order valence-corrected chi connectivity index (χ3v) is 5.63. The van der Waals surface area contributed by atoms with Crippen molar-refractivity contribution in [3.05, 3.63) is 72.1 Å².